The van der Waals surface area contributed by atoms with Crippen molar-refractivity contribution < 1.29 is 4.79 Å². The molecule has 0 saturated heterocycles. The van der Waals surface area contributed by atoms with Crippen molar-refractivity contribution >= 4 is 34.2 Å². The van der Waals surface area contributed by atoms with E-state index in [4.69, 9.17) is 0 Å². The molecule has 0 atom stereocenters. The van der Waals surface area contributed by atoms with Gasteiger partial charge in [0.15, 0.2) is 0 Å². The van der Waals surface area contributed by atoms with Crippen LogP contribution in [0.2, 0.25) is 0 Å². The van der Waals surface area contributed by atoms with Crippen LogP contribution >= 0.6 is 22.6 Å². The van der Waals surface area contributed by atoms with E-state index in [9.17, 15) is 4.79 Å². The van der Waals surface area contributed by atoms with Gasteiger partial charge in [-0.15, -0.1) is 0 Å². The van der Waals surface area contributed by atoms with E-state index < -0.39 is 0 Å². The minimum Gasteiger partial charge on any atom is -0.319 e. The van der Waals surface area contributed by atoms with Crippen molar-refractivity contribution in [2.75, 3.05) is 5.32 Å². The van der Waals surface area contributed by atoms with E-state index in [0.717, 1.165) is 3.57 Å². The standard InChI is InChI=1S/C14H10IN5O/c15-11-3-1-10(2-4-11)13(21)19-12-7-17-14(18-8-12)20-6-5-16-9-20/h1-9H,(H,19,21). The third kappa shape index (κ3) is 3.24. The molecule has 0 aliphatic heterocycles. The van der Waals surface area contributed by atoms with Crippen molar-refractivity contribution in [3.63, 3.8) is 0 Å². The molecule has 0 saturated carbocycles. The lowest BCUT2D eigenvalue weighted by Gasteiger charge is -2.05. The van der Waals surface area contributed by atoms with Crippen LogP contribution in [0.5, 0.6) is 0 Å². The normalized spacial score (nSPS) is 10.3. The summed E-state index contributed by atoms with van der Waals surface area (Å²) < 4.78 is 2.77. The van der Waals surface area contributed by atoms with Crippen LogP contribution in [0.15, 0.2) is 55.4 Å². The van der Waals surface area contributed by atoms with Crippen molar-refractivity contribution in [2.24, 2.45) is 0 Å². The molecule has 7 heteroatoms. The highest BCUT2D eigenvalue weighted by Crippen LogP contribution is 2.10. The molecular weight excluding hydrogens is 381 g/mol. The number of aromatic nitrogens is 4. The van der Waals surface area contributed by atoms with Gasteiger partial charge in [0.1, 0.15) is 6.33 Å². The van der Waals surface area contributed by atoms with Gasteiger partial charge < -0.3 is 5.32 Å². The quantitative estimate of drug-likeness (QED) is 0.697. The Morgan fingerprint density at radius 1 is 1.14 bits per heavy atom. The smallest absolute Gasteiger partial charge is 0.255 e. The molecule has 2 heterocycles. The molecule has 0 radical (unpaired) electrons. The summed E-state index contributed by atoms with van der Waals surface area (Å²) in [5, 5.41) is 2.76. The molecule has 0 bridgehead atoms. The molecule has 0 aliphatic carbocycles. The van der Waals surface area contributed by atoms with Crippen molar-refractivity contribution in [1.29, 1.82) is 0 Å². The third-order valence-corrected chi connectivity index (χ3v) is 3.46. The molecule has 104 valence electrons. The number of imidazole rings is 1. The van der Waals surface area contributed by atoms with Crippen molar-refractivity contribution in [3.8, 4) is 5.95 Å². The van der Waals surface area contributed by atoms with E-state index in [1.54, 1.807) is 47.8 Å². The van der Waals surface area contributed by atoms with Gasteiger partial charge in [-0.25, -0.2) is 15.0 Å². The zero-order valence-electron chi connectivity index (χ0n) is 10.8. The van der Waals surface area contributed by atoms with Crippen LogP contribution in [-0.4, -0.2) is 25.4 Å². The predicted octanol–water partition coefficient (Wildman–Crippen LogP) is 2.52. The van der Waals surface area contributed by atoms with Gasteiger partial charge in [-0.2, -0.15) is 0 Å². The summed E-state index contributed by atoms with van der Waals surface area (Å²) in [4.78, 5) is 24.3. The Labute approximate surface area is 134 Å². The fourth-order valence-corrected chi connectivity index (χ4v) is 2.06. The molecule has 0 fully saturated rings. The topological polar surface area (TPSA) is 72.7 Å². The molecule has 1 amide bonds. The molecule has 21 heavy (non-hydrogen) atoms. The summed E-state index contributed by atoms with van der Waals surface area (Å²) in [5.41, 5.74) is 1.14. The monoisotopic (exact) mass is 391 g/mol. The number of rotatable bonds is 3. The Kier molecular flexibility index (Phi) is 3.91. The average molecular weight is 391 g/mol. The fourth-order valence-electron chi connectivity index (χ4n) is 1.70. The summed E-state index contributed by atoms with van der Waals surface area (Å²) in [6.07, 6.45) is 8.13. The molecule has 0 aliphatic rings. The number of carbonyl (C=O) groups is 1. The summed E-state index contributed by atoms with van der Waals surface area (Å²) in [6.45, 7) is 0. The number of hydrogen-bond donors (Lipinski definition) is 1. The van der Waals surface area contributed by atoms with Crippen LogP contribution in [0, 0.1) is 3.57 Å². The largest absolute Gasteiger partial charge is 0.319 e. The second kappa shape index (κ2) is 6.00. The lowest BCUT2D eigenvalue weighted by molar-refractivity contribution is 0.102. The molecule has 3 rings (SSSR count). The SMILES string of the molecule is O=C(Nc1cnc(-n2ccnc2)nc1)c1ccc(I)cc1. The first-order chi connectivity index (χ1) is 10.2. The van der Waals surface area contributed by atoms with Crippen LogP contribution in [-0.2, 0) is 0 Å². The highest BCUT2D eigenvalue weighted by Gasteiger charge is 2.07. The van der Waals surface area contributed by atoms with E-state index in [2.05, 4.69) is 42.9 Å². The minimum atomic E-state index is -0.189. The van der Waals surface area contributed by atoms with E-state index in [-0.39, 0.29) is 5.91 Å². The summed E-state index contributed by atoms with van der Waals surface area (Å²) >= 11 is 2.19. The molecule has 3 aromatic rings. The lowest BCUT2D eigenvalue weighted by atomic mass is 10.2. The van der Waals surface area contributed by atoms with Gasteiger partial charge >= 0.3 is 0 Å². The Morgan fingerprint density at radius 2 is 1.86 bits per heavy atom. The van der Waals surface area contributed by atoms with Crippen molar-refractivity contribution in [3.05, 3.63) is 64.5 Å². The number of halogens is 1. The van der Waals surface area contributed by atoms with E-state index >= 15 is 0 Å². The Balaban J connectivity index is 1.73. The van der Waals surface area contributed by atoms with Crippen molar-refractivity contribution in [1.82, 2.24) is 19.5 Å². The van der Waals surface area contributed by atoms with Gasteiger partial charge in [0.2, 0.25) is 5.95 Å². The molecule has 0 spiro atoms. The van der Waals surface area contributed by atoms with Gasteiger partial charge in [0.05, 0.1) is 18.1 Å². The van der Waals surface area contributed by atoms with Gasteiger partial charge in [0, 0.05) is 21.5 Å². The Morgan fingerprint density at radius 3 is 2.48 bits per heavy atom. The van der Waals surface area contributed by atoms with E-state index in [0.29, 0.717) is 17.2 Å². The van der Waals surface area contributed by atoms with Crippen LogP contribution in [0.3, 0.4) is 0 Å². The fraction of sp³-hybridized carbons (Fsp3) is 0. The summed E-state index contributed by atoms with van der Waals surface area (Å²) in [7, 11) is 0. The van der Waals surface area contributed by atoms with E-state index in [1.165, 1.54) is 0 Å². The predicted molar refractivity (Wildman–Crippen MR) is 86.3 cm³/mol. The van der Waals surface area contributed by atoms with Crippen molar-refractivity contribution in [2.45, 2.75) is 0 Å². The maximum Gasteiger partial charge on any atom is 0.255 e. The number of amides is 1. The number of nitrogens with one attached hydrogen (secondary N) is 1. The first-order valence-corrected chi connectivity index (χ1v) is 7.17. The van der Waals surface area contributed by atoms with Gasteiger partial charge in [0.25, 0.3) is 5.91 Å². The number of carbonyl (C=O) groups excluding carboxylic acids is 1. The van der Waals surface area contributed by atoms with E-state index in [1.807, 2.05) is 12.1 Å². The maximum atomic E-state index is 12.1. The zero-order chi connectivity index (χ0) is 14.7. The lowest BCUT2D eigenvalue weighted by Crippen LogP contribution is -2.12. The van der Waals surface area contributed by atoms with Gasteiger partial charge in [-0.3, -0.25) is 9.36 Å². The Hall–Kier alpha value is -2.29. The first kappa shape index (κ1) is 13.7. The second-order valence-electron chi connectivity index (χ2n) is 4.20. The number of benzene rings is 1. The molecule has 1 aromatic carbocycles. The first-order valence-electron chi connectivity index (χ1n) is 6.10. The average Bonchev–Trinajstić information content (AvgIpc) is 3.03. The van der Waals surface area contributed by atoms with Crippen LogP contribution in [0.25, 0.3) is 5.95 Å². The molecular formula is C14H10IN5O. The van der Waals surface area contributed by atoms with Gasteiger partial charge in [-0.05, 0) is 46.9 Å². The van der Waals surface area contributed by atoms with Gasteiger partial charge in [-0.1, -0.05) is 0 Å². The molecule has 1 N–H and O–H groups in total. The minimum absolute atomic E-state index is 0.189. The second-order valence-corrected chi connectivity index (χ2v) is 5.45. The third-order valence-electron chi connectivity index (χ3n) is 2.74. The highest BCUT2D eigenvalue weighted by atomic mass is 127. The van der Waals surface area contributed by atoms with Crippen LogP contribution in [0.4, 0.5) is 5.69 Å². The summed E-state index contributed by atoms with van der Waals surface area (Å²) in [6, 6.07) is 7.32. The molecule has 6 nitrogen and oxygen atoms in total. The summed E-state index contributed by atoms with van der Waals surface area (Å²) in [5.74, 6) is 0.310. The van der Waals surface area contributed by atoms with Crippen LogP contribution < -0.4 is 5.32 Å². The molecule has 0 unspecified atom stereocenters. The van der Waals surface area contributed by atoms with Crippen LogP contribution in [0.1, 0.15) is 10.4 Å². The number of hydrogen-bond acceptors (Lipinski definition) is 4. The Bertz CT molecular complexity index is 738. The number of nitrogens with zero attached hydrogens (tertiary/aromatic N) is 4. The maximum absolute atomic E-state index is 12.1. The number of anilines is 1. The molecule has 2 aromatic heterocycles. The highest BCUT2D eigenvalue weighted by molar-refractivity contribution is 14.1. The zero-order valence-corrected chi connectivity index (χ0v) is 12.9.